The fraction of sp³-hybridized carbons (Fsp3) is 0.263. The van der Waals surface area contributed by atoms with Crippen LogP contribution in [0.2, 0.25) is 10.0 Å². The summed E-state index contributed by atoms with van der Waals surface area (Å²) < 4.78 is 10.4. The first-order valence-corrected chi connectivity index (χ1v) is 8.86. The Hall–Kier alpha value is -2.24. The molecule has 2 aromatic carbocycles. The normalized spacial score (nSPS) is 10.3. The van der Waals surface area contributed by atoms with Crippen molar-refractivity contribution in [3.63, 3.8) is 0 Å². The molecule has 5 nitrogen and oxygen atoms in total. The number of esters is 1. The van der Waals surface area contributed by atoms with Crippen LogP contribution in [0.1, 0.15) is 22.8 Å². The molecule has 7 heteroatoms. The Bertz CT molecular complexity index is 780. The highest BCUT2D eigenvalue weighted by Crippen LogP contribution is 2.21. The second-order valence-corrected chi connectivity index (χ2v) is 6.18. The number of nitrogens with one attached hydrogen (secondary N) is 1. The molecule has 0 saturated carbocycles. The van der Waals surface area contributed by atoms with Crippen molar-refractivity contribution in [2.75, 3.05) is 19.8 Å². The number of halogens is 2. The number of amides is 1. The molecule has 0 aliphatic carbocycles. The predicted octanol–water partition coefficient (Wildman–Crippen LogP) is 3.91. The zero-order chi connectivity index (χ0) is 18.9. The van der Waals surface area contributed by atoms with Crippen LogP contribution >= 0.6 is 23.2 Å². The molecule has 0 unspecified atom stereocenters. The van der Waals surface area contributed by atoms with Gasteiger partial charge in [-0.3, -0.25) is 4.79 Å². The maximum Gasteiger partial charge on any atom is 0.341 e. The molecule has 1 N–H and O–H groups in total. The van der Waals surface area contributed by atoms with Crippen LogP contribution in [0.5, 0.6) is 5.75 Å². The van der Waals surface area contributed by atoms with Crippen molar-refractivity contribution in [1.82, 2.24) is 5.32 Å². The van der Waals surface area contributed by atoms with Crippen molar-refractivity contribution in [1.29, 1.82) is 0 Å². The molecule has 0 heterocycles. The molecule has 0 bridgehead atoms. The quantitative estimate of drug-likeness (QED) is 0.688. The molecule has 0 spiro atoms. The van der Waals surface area contributed by atoms with Gasteiger partial charge in [-0.05, 0) is 43.2 Å². The number of para-hydroxylation sites is 1. The van der Waals surface area contributed by atoms with E-state index in [1.54, 1.807) is 43.3 Å². The van der Waals surface area contributed by atoms with E-state index >= 15 is 0 Å². The molecule has 26 heavy (non-hydrogen) atoms. The van der Waals surface area contributed by atoms with Crippen LogP contribution in [0.25, 0.3) is 0 Å². The monoisotopic (exact) mass is 395 g/mol. The van der Waals surface area contributed by atoms with Crippen LogP contribution in [-0.2, 0) is 16.0 Å². The minimum atomic E-state index is -0.485. The largest absolute Gasteiger partial charge is 0.483 e. The summed E-state index contributed by atoms with van der Waals surface area (Å²) in [5, 5.41) is 3.87. The van der Waals surface area contributed by atoms with E-state index < -0.39 is 5.97 Å². The zero-order valence-electron chi connectivity index (χ0n) is 14.3. The van der Waals surface area contributed by atoms with Crippen LogP contribution in [0.4, 0.5) is 0 Å². The van der Waals surface area contributed by atoms with Crippen molar-refractivity contribution < 1.29 is 19.1 Å². The third-order valence-corrected chi connectivity index (χ3v) is 4.06. The maximum atomic E-state index is 11.9. The molecule has 0 atom stereocenters. The lowest BCUT2D eigenvalue weighted by Gasteiger charge is -2.11. The standard InChI is InChI=1S/C19H19Cl2NO4/c1-2-25-19(24)15-5-3-4-6-17(15)26-12-18(23)22-10-9-13-7-8-14(20)11-16(13)21/h3-8,11H,2,9-10,12H2,1H3,(H,22,23). The van der Waals surface area contributed by atoms with Gasteiger partial charge in [-0.2, -0.15) is 0 Å². The molecule has 2 rings (SSSR count). The van der Waals surface area contributed by atoms with Crippen LogP contribution < -0.4 is 10.1 Å². The van der Waals surface area contributed by atoms with E-state index in [1.165, 1.54) is 0 Å². The maximum absolute atomic E-state index is 11.9. The van der Waals surface area contributed by atoms with E-state index in [1.807, 2.05) is 6.07 Å². The van der Waals surface area contributed by atoms with Crippen LogP contribution in [-0.4, -0.2) is 31.6 Å². The molecule has 2 aromatic rings. The van der Waals surface area contributed by atoms with Gasteiger partial charge in [-0.1, -0.05) is 41.4 Å². The van der Waals surface area contributed by atoms with Gasteiger partial charge < -0.3 is 14.8 Å². The van der Waals surface area contributed by atoms with E-state index in [9.17, 15) is 9.59 Å². The van der Waals surface area contributed by atoms with E-state index in [0.29, 0.717) is 28.8 Å². The Morgan fingerprint density at radius 1 is 1.12 bits per heavy atom. The van der Waals surface area contributed by atoms with Gasteiger partial charge >= 0.3 is 5.97 Å². The van der Waals surface area contributed by atoms with Gasteiger partial charge in [0.15, 0.2) is 6.61 Å². The average molecular weight is 396 g/mol. The molecule has 1 amide bonds. The number of hydrogen-bond donors (Lipinski definition) is 1. The van der Waals surface area contributed by atoms with Crippen molar-refractivity contribution in [2.45, 2.75) is 13.3 Å². The summed E-state index contributed by atoms with van der Waals surface area (Å²) in [5.41, 5.74) is 1.18. The Balaban J connectivity index is 1.83. The number of hydrogen-bond acceptors (Lipinski definition) is 4. The summed E-state index contributed by atoms with van der Waals surface area (Å²) in [7, 11) is 0. The predicted molar refractivity (Wildman–Crippen MR) is 101 cm³/mol. The molecular formula is C19H19Cl2NO4. The smallest absolute Gasteiger partial charge is 0.341 e. The minimum absolute atomic E-state index is 0.204. The average Bonchev–Trinajstić information content (AvgIpc) is 2.62. The number of ether oxygens (including phenoxy) is 2. The van der Waals surface area contributed by atoms with Gasteiger partial charge in [0.1, 0.15) is 11.3 Å². The number of rotatable bonds is 8. The molecular weight excluding hydrogens is 377 g/mol. The molecule has 0 aliphatic rings. The summed E-state index contributed by atoms with van der Waals surface area (Å²) >= 11 is 11.9. The molecule has 0 aromatic heterocycles. The molecule has 0 radical (unpaired) electrons. The van der Waals surface area contributed by atoms with Crippen LogP contribution in [0.15, 0.2) is 42.5 Å². The van der Waals surface area contributed by atoms with E-state index in [0.717, 1.165) is 5.56 Å². The third kappa shape index (κ3) is 5.93. The fourth-order valence-corrected chi connectivity index (χ4v) is 2.73. The zero-order valence-corrected chi connectivity index (χ0v) is 15.8. The Morgan fingerprint density at radius 2 is 1.88 bits per heavy atom. The van der Waals surface area contributed by atoms with Gasteiger partial charge in [0.25, 0.3) is 5.91 Å². The Morgan fingerprint density at radius 3 is 2.62 bits per heavy atom. The highest BCUT2D eigenvalue weighted by Gasteiger charge is 2.14. The van der Waals surface area contributed by atoms with E-state index in [-0.39, 0.29) is 24.7 Å². The highest BCUT2D eigenvalue weighted by molar-refractivity contribution is 6.35. The Labute approximate surface area is 162 Å². The van der Waals surface area contributed by atoms with Crippen molar-refractivity contribution in [3.05, 3.63) is 63.6 Å². The topological polar surface area (TPSA) is 64.6 Å². The van der Waals surface area contributed by atoms with E-state index in [4.69, 9.17) is 32.7 Å². The number of benzene rings is 2. The fourth-order valence-electron chi connectivity index (χ4n) is 2.23. The second-order valence-electron chi connectivity index (χ2n) is 5.34. The Kier molecular flexibility index (Phi) is 7.75. The first kappa shape index (κ1) is 20.1. The second kappa shape index (κ2) is 10.0. The number of carbonyl (C=O) groups is 2. The first-order chi connectivity index (χ1) is 12.5. The van der Waals surface area contributed by atoms with Crippen molar-refractivity contribution in [3.8, 4) is 5.75 Å². The molecule has 138 valence electrons. The van der Waals surface area contributed by atoms with E-state index in [2.05, 4.69) is 5.32 Å². The lowest BCUT2D eigenvalue weighted by Crippen LogP contribution is -2.30. The summed E-state index contributed by atoms with van der Waals surface area (Å²) in [6.45, 7) is 2.19. The van der Waals surface area contributed by atoms with Crippen molar-refractivity contribution >= 4 is 35.1 Å². The van der Waals surface area contributed by atoms with Gasteiger partial charge in [0, 0.05) is 16.6 Å². The molecule has 0 fully saturated rings. The minimum Gasteiger partial charge on any atom is -0.483 e. The first-order valence-electron chi connectivity index (χ1n) is 8.10. The molecule has 0 aliphatic heterocycles. The van der Waals surface area contributed by atoms with Crippen molar-refractivity contribution in [2.24, 2.45) is 0 Å². The lowest BCUT2D eigenvalue weighted by atomic mass is 10.1. The van der Waals surface area contributed by atoms with Gasteiger partial charge in [-0.25, -0.2) is 4.79 Å². The number of carbonyl (C=O) groups excluding carboxylic acids is 2. The summed E-state index contributed by atoms with van der Waals surface area (Å²) in [6, 6.07) is 11.9. The van der Waals surface area contributed by atoms with Crippen LogP contribution in [0, 0.1) is 0 Å². The van der Waals surface area contributed by atoms with Gasteiger partial charge in [0.05, 0.1) is 6.61 Å². The third-order valence-electron chi connectivity index (χ3n) is 3.47. The van der Waals surface area contributed by atoms with Gasteiger partial charge in [-0.15, -0.1) is 0 Å². The highest BCUT2D eigenvalue weighted by atomic mass is 35.5. The summed E-state index contributed by atoms with van der Waals surface area (Å²) in [5.74, 6) is -0.475. The lowest BCUT2D eigenvalue weighted by molar-refractivity contribution is -0.123. The van der Waals surface area contributed by atoms with Crippen LogP contribution in [0.3, 0.4) is 0 Å². The SMILES string of the molecule is CCOC(=O)c1ccccc1OCC(=O)NCCc1ccc(Cl)cc1Cl. The summed E-state index contributed by atoms with van der Waals surface area (Å²) in [4.78, 5) is 23.8. The summed E-state index contributed by atoms with van der Waals surface area (Å²) in [6.07, 6.45) is 0.571. The van der Waals surface area contributed by atoms with Gasteiger partial charge in [0.2, 0.25) is 0 Å². The molecule has 0 saturated heterocycles.